The number of thiophene rings is 2. The van der Waals surface area contributed by atoms with Crippen LogP contribution < -0.4 is 0 Å². The van der Waals surface area contributed by atoms with Crippen molar-refractivity contribution in [1.29, 1.82) is 0 Å². The minimum Gasteiger partial charge on any atom is -0.148 e. The average molecular weight is 337 g/mol. The van der Waals surface area contributed by atoms with Crippen molar-refractivity contribution in [2.45, 2.75) is 35.0 Å². The van der Waals surface area contributed by atoms with Crippen molar-refractivity contribution in [1.82, 2.24) is 0 Å². The molecule has 0 bridgehead atoms. The van der Waals surface area contributed by atoms with E-state index in [1.54, 1.807) is 4.88 Å². The molecule has 2 aromatic heterocycles. The van der Waals surface area contributed by atoms with Crippen LogP contribution in [0.2, 0.25) is 0 Å². The van der Waals surface area contributed by atoms with Crippen LogP contribution in [0.25, 0.3) is 4.91 Å². The molecule has 3 unspecified atom stereocenters. The summed E-state index contributed by atoms with van der Waals surface area (Å²) in [6, 6.07) is 8.91. The van der Waals surface area contributed by atoms with Crippen LogP contribution in [0.4, 0.5) is 0 Å². The Morgan fingerprint density at radius 3 is 2.65 bits per heavy atom. The van der Waals surface area contributed by atoms with Crippen LogP contribution in [0.1, 0.15) is 34.3 Å². The fourth-order valence-electron chi connectivity index (χ4n) is 2.91. The third kappa shape index (κ3) is 2.63. The Bertz CT molecular complexity index is 582. The molecule has 0 saturated carbocycles. The van der Waals surface area contributed by atoms with Crippen LogP contribution in [0.3, 0.4) is 0 Å². The summed E-state index contributed by atoms with van der Waals surface area (Å²) in [4.78, 5) is 4.55. The van der Waals surface area contributed by atoms with E-state index in [0.717, 1.165) is 15.7 Å². The largest absolute Gasteiger partial charge is 0.148 e. The lowest BCUT2D eigenvalue weighted by molar-refractivity contribution is 0.718. The molecule has 0 nitrogen and oxygen atoms in total. The molecule has 20 heavy (non-hydrogen) atoms. The SMILES string of the molecule is C1=C(c2cccs2)SC(C2CCC(c3cccs3)S2)C1. The summed E-state index contributed by atoms with van der Waals surface area (Å²) < 4.78 is 0. The third-order valence-electron chi connectivity index (χ3n) is 3.91. The van der Waals surface area contributed by atoms with E-state index in [0.29, 0.717) is 0 Å². The molecule has 2 aromatic rings. The molecule has 2 aliphatic heterocycles. The summed E-state index contributed by atoms with van der Waals surface area (Å²) in [7, 11) is 0. The van der Waals surface area contributed by atoms with Crippen LogP contribution in [0, 0.1) is 0 Å². The Morgan fingerprint density at radius 1 is 0.950 bits per heavy atom. The highest BCUT2D eigenvalue weighted by molar-refractivity contribution is 8.10. The van der Waals surface area contributed by atoms with Crippen molar-refractivity contribution in [3.05, 3.63) is 50.9 Å². The summed E-state index contributed by atoms with van der Waals surface area (Å²) in [5.74, 6) is 0. The van der Waals surface area contributed by atoms with Crippen molar-refractivity contribution in [3.8, 4) is 0 Å². The molecular formula is C16H16S4. The Balaban J connectivity index is 1.39. The predicted octanol–water partition coefficient (Wildman–Crippen LogP) is 6.29. The number of rotatable bonds is 3. The number of hydrogen-bond acceptors (Lipinski definition) is 4. The van der Waals surface area contributed by atoms with Gasteiger partial charge in [-0.1, -0.05) is 18.2 Å². The van der Waals surface area contributed by atoms with E-state index in [1.165, 1.54) is 29.0 Å². The summed E-state index contributed by atoms with van der Waals surface area (Å²) in [5, 5.41) is 6.78. The smallest absolute Gasteiger partial charge is 0.0403 e. The van der Waals surface area contributed by atoms with Gasteiger partial charge in [0.25, 0.3) is 0 Å². The van der Waals surface area contributed by atoms with Crippen LogP contribution in [0.5, 0.6) is 0 Å². The van der Waals surface area contributed by atoms with E-state index >= 15 is 0 Å². The van der Waals surface area contributed by atoms with Crippen LogP contribution in [-0.2, 0) is 0 Å². The van der Waals surface area contributed by atoms with Gasteiger partial charge in [-0.05, 0) is 42.2 Å². The van der Waals surface area contributed by atoms with Gasteiger partial charge in [0.05, 0.1) is 0 Å². The van der Waals surface area contributed by atoms with Crippen LogP contribution >= 0.6 is 46.2 Å². The van der Waals surface area contributed by atoms with Gasteiger partial charge in [0.15, 0.2) is 0 Å². The molecule has 1 fully saturated rings. The van der Waals surface area contributed by atoms with Gasteiger partial charge in [0.2, 0.25) is 0 Å². The van der Waals surface area contributed by atoms with Crippen molar-refractivity contribution in [2.24, 2.45) is 0 Å². The van der Waals surface area contributed by atoms with Gasteiger partial charge in [0, 0.05) is 30.4 Å². The summed E-state index contributed by atoms with van der Waals surface area (Å²) in [6.45, 7) is 0. The molecule has 4 heteroatoms. The number of allylic oxidation sites excluding steroid dienone is 1. The van der Waals surface area contributed by atoms with Crippen molar-refractivity contribution in [2.75, 3.05) is 0 Å². The minimum absolute atomic E-state index is 0.756. The first-order valence-electron chi connectivity index (χ1n) is 7.00. The fraction of sp³-hybridized carbons (Fsp3) is 0.375. The molecule has 0 radical (unpaired) electrons. The van der Waals surface area contributed by atoms with Crippen molar-refractivity contribution in [3.63, 3.8) is 0 Å². The number of hydrogen-bond donors (Lipinski definition) is 0. The summed E-state index contributed by atoms with van der Waals surface area (Å²) in [5.41, 5.74) is 0. The standard InChI is InChI=1S/C16H16S4/c1-3-11(17-9-1)13-5-7-15(19-13)16-8-6-14(20-16)12-4-2-10-18-12/h1-5,9-10,14-16H,6-8H2. The molecule has 0 spiro atoms. The quantitative estimate of drug-likeness (QED) is 0.645. The zero-order chi connectivity index (χ0) is 13.4. The molecular weight excluding hydrogens is 320 g/mol. The van der Waals surface area contributed by atoms with E-state index in [1.807, 2.05) is 22.7 Å². The lowest BCUT2D eigenvalue weighted by atomic mass is 10.1. The maximum absolute atomic E-state index is 2.46. The van der Waals surface area contributed by atoms with Crippen LogP contribution in [-0.4, -0.2) is 10.5 Å². The Morgan fingerprint density at radius 2 is 1.85 bits per heavy atom. The lowest BCUT2D eigenvalue weighted by Crippen LogP contribution is -2.13. The highest BCUT2D eigenvalue weighted by Crippen LogP contribution is 2.53. The van der Waals surface area contributed by atoms with E-state index in [-0.39, 0.29) is 0 Å². The molecule has 0 aromatic carbocycles. The van der Waals surface area contributed by atoms with Gasteiger partial charge in [-0.2, -0.15) is 0 Å². The maximum atomic E-state index is 2.46. The Hall–Kier alpha value is -0.160. The zero-order valence-electron chi connectivity index (χ0n) is 11.0. The third-order valence-corrected chi connectivity index (χ3v) is 9.44. The van der Waals surface area contributed by atoms with Gasteiger partial charge in [-0.25, -0.2) is 0 Å². The predicted molar refractivity (Wildman–Crippen MR) is 96.0 cm³/mol. The van der Waals surface area contributed by atoms with Crippen molar-refractivity contribution < 1.29 is 0 Å². The van der Waals surface area contributed by atoms with E-state index in [4.69, 9.17) is 0 Å². The van der Waals surface area contributed by atoms with E-state index in [2.05, 4.69) is 64.6 Å². The maximum Gasteiger partial charge on any atom is 0.0403 e. The lowest BCUT2D eigenvalue weighted by Gasteiger charge is -2.17. The van der Waals surface area contributed by atoms with E-state index < -0.39 is 0 Å². The van der Waals surface area contributed by atoms with Crippen molar-refractivity contribution >= 4 is 51.1 Å². The molecule has 0 N–H and O–H groups in total. The molecule has 4 rings (SSSR count). The topological polar surface area (TPSA) is 0 Å². The molecule has 2 aliphatic rings. The first kappa shape index (κ1) is 13.5. The summed E-state index contributed by atoms with van der Waals surface area (Å²) in [6.07, 6.45) is 6.46. The summed E-state index contributed by atoms with van der Waals surface area (Å²) >= 11 is 8.14. The molecule has 3 atom stereocenters. The van der Waals surface area contributed by atoms with Gasteiger partial charge in [-0.3, -0.25) is 0 Å². The second kappa shape index (κ2) is 5.91. The second-order valence-electron chi connectivity index (χ2n) is 5.19. The molecule has 0 aliphatic carbocycles. The Labute approximate surface area is 136 Å². The van der Waals surface area contributed by atoms with Gasteiger partial charge in [0.1, 0.15) is 0 Å². The molecule has 4 heterocycles. The van der Waals surface area contributed by atoms with Gasteiger partial charge in [-0.15, -0.1) is 46.2 Å². The molecule has 104 valence electrons. The van der Waals surface area contributed by atoms with Gasteiger partial charge >= 0.3 is 0 Å². The average Bonchev–Trinajstić information content (AvgIpc) is 3.22. The van der Waals surface area contributed by atoms with E-state index in [9.17, 15) is 0 Å². The number of thioether (sulfide) groups is 2. The van der Waals surface area contributed by atoms with Crippen LogP contribution in [0.15, 0.2) is 41.1 Å². The van der Waals surface area contributed by atoms with Gasteiger partial charge < -0.3 is 0 Å². The Kier molecular flexibility index (Phi) is 3.99. The second-order valence-corrected chi connectivity index (χ2v) is 9.85. The molecule has 1 saturated heterocycles. The monoisotopic (exact) mass is 336 g/mol. The first-order chi connectivity index (χ1) is 9.90. The zero-order valence-corrected chi connectivity index (χ0v) is 14.3. The highest BCUT2D eigenvalue weighted by atomic mass is 32.2. The minimum atomic E-state index is 0.756. The normalized spacial score (nSPS) is 29.8. The first-order valence-corrected chi connectivity index (χ1v) is 10.6. The fourth-order valence-corrected chi connectivity index (χ4v) is 7.94. The molecule has 0 amide bonds. The highest BCUT2D eigenvalue weighted by Gasteiger charge is 2.35.